The van der Waals surface area contributed by atoms with Crippen LogP contribution in [0.3, 0.4) is 0 Å². The minimum atomic E-state index is 0.416. The molecule has 1 aromatic carbocycles. The van der Waals surface area contributed by atoms with Gasteiger partial charge in [-0.1, -0.05) is 17.7 Å². The lowest BCUT2D eigenvalue weighted by molar-refractivity contribution is 0.517. The predicted molar refractivity (Wildman–Crippen MR) is 85.3 cm³/mol. The summed E-state index contributed by atoms with van der Waals surface area (Å²) < 4.78 is 5.24. The third-order valence-electron chi connectivity index (χ3n) is 3.00. The molecule has 2 aromatic heterocycles. The Morgan fingerprint density at radius 1 is 1.27 bits per heavy atom. The van der Waals surface area contributed by atoms with Crippen LogP contribution in [0.4, 0.5) is 17.5 Å². The lowest BCUT2D eigenvalue weighted by atomic mass is 10.2. The van der Waals surface area contributed by atoms with Crippen molar-refractivity contribution < 1.29 is 4.42 Å². The number of nitrogens with zero attached hydrogens (tertiary/aromatic N) is 3. The summed E-state index contributed by atoms with van der Waals surface area (Å²) in [4.78, 5) is 4.34. The third kappa shape index (κ3) is 3.53. The number of hydrogen-bond acceptors (Lipinski definition) is 6. The van der Waals surface area contributed by atoms with E-state index in [-0.39, 0.29) is 0 Å². The van der Waals surface area contributed by atoms with Crippen LogP contribution in [-0.2, 0) is 6.54 Å². The Kier molecular flexibility index (Phi) is 4.20. The van der Waals surface area contributed by atoms with Gasteiger partial charge in [0.1, 0.15) is 5.76 Å². The van der Waals surface area contributed by atoms with Crippen LogP contribution in [0, 0.1) is 6.92 Å². The van der Waals surface area contributed by atoms with E-state index in [0.29, 0.717) is 23.3 Å². The van der Waals surface area contributed by atoms with Crippen LogP contribution in [0.15, 0.2) is 47.2 Å². The van der Waals surface area contributed by atoms with Gasteiger partial charge < -0.3 is 15.1 Å². The summed E-state index contributed by atoms with van der Waals surface area (Å²) in [5, 5.41) is 14.7. The number of hydrogen-bond donors (Lipinski definition) is 2. The van der Waals surface area contributed by atoms with Gasteiger partial charge in [0.2, 0.25) is 5.95 Å². The van der Waals surface area contributed by atoms with E-state index >= 15 is 0 Å². The van der Waals surface area contributed by atoms with Crippen LogP contribution < -0.4 is 10.6 Å². The first-order chi connectivity index (χ1) is 10.7. The van der Waals surface area contributed by atoms with Crippen molar-refractivity contribution in [2.75, 3.05) is 10.6 Å². The van der Waals surface area contributed by atoms with Gasteiger partial charge in [-0.2, -0.15) is 10.1 Å². The van der Waals surface area contributed by atoms with Crippen molar-refractivity contribution in [3.8, 4) is 0 Å². The second kappa shape index (κ2) is 6.44. The lowest BCUT2D eigenvalue weighted by Gasteiger charge is -2.08. The van der Waals surface area contributed by atoms with Gasteiger partial charge in [-0.05, 0) is 36.8 Å². The molecule has 0 fully saturated rings. The average Bonchev–Trinajstić information content (AvgIpc) is 3.03. The zero-order valence-corrected chi connectivity index (χ0v) is 12.6. The minimum absolute atomic E-state index is 0.416. The van der Waals surface area contributed by atoms with Crippen molar-refractivity contribution in [2.24, 2.45) is 0 Å². The maximum Gasteiger partial charge on any atom is 0.245 e. The molecule has 0 radical (unpaired) electrons. The number of furan rings is 1. The Morgan fingerprint density at radius 3 is 2.95 bits per heavy atom. The molecule has 0 bridgehead atoms. The number of aryl methyl sites for hydroxylation is 1. The Bertz CT molecular complexity index is 760. The van der Waals surface area contributed by atoms with Crippen molar-refractivity contribution in [1.82, 2.24) is 15.2 Å². The van der Waals surface area contributed by atoms with Gasteiger partial charge in [0.15, 0.2) is 5.82 Å². The first-order valence-electron chi connectivity index (χ1n) is 6.70. The third-order valence-corrected chi connectivity index (χ3v) is 3.41. The number of halogens is 1. The van der Waals surface area contributed by atoms with E-state index in [1.54, 1.807) is 12.5 Å². The Morgan fingerprint density at radius 2 is 2.18 bits per heavy atom. The lowest BCUT2D eigenvalue weighted by Crippen LogP contribution is -2.05. The van der Waals surface area contributed by atoms with Crippen molar-refractivity contribution in [2.45, 2.75) is 13.5 Å². The summed E-state index contributed by atoms with van der Waals surface area (Å²) in [6.45, 7) is 2.45. The fraction of sp³-hybridized carbons (Fsp3) is 0.133. The molecule has 0 amide bonds. The molecule has 2 N–H and O–H groups in total. The van der Waals surface area contributed by atoms with Gasteiger partial charge in [-0.15, -0.1) is 5.10 Å². The van der Waals surface area contributed by atoms with E-state index in [2.05, 4.69) is 25.8 Å². The van der Waals surface area contributed by atoms with Crippen LogP contribution in [0.25, 0.3) is 0 Å². The molecule has 0 spiro atoms. The zero-order valence-electron chi connectivity index (χ0n) is 11.9. The molecule has 22 heavy (non-hydrogen) atoms. The monoisotopic (exact) mass is 315 g/mol. The van der Waals surface area contributed by atoms with Gasteiger partial charge in [0, 0.05) is 10.7 Å². The molecule has 3 aromatic rings. The Balaban J connectivity index is 1.69. The highest BCUT2D eigenvalue weighted by molar-refractivity contribution is 6.31. The quantitative estimate of drug-likeness (QED) is 0.746. The van der Waals surface area contributed by atoms with E-state index in [0.717, 1.165) is 17.0 Å². The first kappa shape index (κ1) is 14.3. The van der Waals surface area contributed by atoms with Gasteiger partial charge >= 0.3 is 0 Å². The second-order valence-electron chi connectivity index (χ2n) is 4.69. The fourth-order valence-corrected chi connectivity index (χ4v) is 2.02. The molecule has 0 saturated carbocycles. The molecule has 112 valence electrons. The number of nitrogens with one attached hydrogen (secondary N) is 2. The van der Waals surface area contributed by atoms with Gasteiger partial charge in [-0.3, -0.25) is 0 Å². The Labute approximate surface area is 132 Å². The molecule has 0 aliphatic heterocycles. The van der Waals surface area contributed by atoms with E-state index in [9.17, 15) is 0 Å². The number of anilines is 3. The van der Waals surface area contributed by atoms with Gasteiger partial charge in [-0.25, -0.2) is 0 Å². The predicted octanol–water partition coefficient (Wildman–Crippen LogP) is 3.78. The largest absolute Gasteiger partial charge is 0.467 e. The molecule has 0 aliphatic rings. The van der Waals surface area contributed by atoms with Crippen LogP contribution in [0.1, 0.15) is 11.3 Å². The summed E-state index contributed by atoms with van der Waals surface area (Å²) in [5.74, 6) is 1.80. The van der Waals surface area contributed by atoms with Crippen LogP contribution in [-0.4, -0.2) is 15.2 Å². The summed E-state index contributed by atoms with van der Waals surface area (Å²) in [7, 11) is 0. The van der Waals surface area contributed by atoms with Gasteiger partial charge in [0.25, 0.3) is 0 Å². The number of aromatic nitrogens is 3. The molecular formula is C15H14ClN5O. The second-order valence-corrected chi connectivity index (χ2v) is 5.09. The van der Waals surface area contributed by atoms with Crippen molar-refractivity contribution in [3.63, 3.8) is 0 Å². The molecular weight excluding hydrogens is 302 g/mol. The number of benzene rings is 1. The van der Waals surface area contributed by atoms with Crippen LogP contribution >= 0.6 is 11.6 Å². The average molecular weight is 316 g/mol. The van der Waals surface area contributed by atoms with Crippen LogP contribution in [0.2, 0.25) is 5.02 Å². The Hall–Kier alpha value is -2.60. The summed E-state index contributed by atoms with van der Waals surface area (Å²) in [6, 6.07) is 9.41. The standard InChI is InChI=1S/C15H14ClN5O/c1-10-4-5-11(7-13(10)16)19-14-9-18-21-15(20-14)17-8-12-3-2-6-22-12/h2-7,9H,8H2,1H3,(H2,17,19,20,21). The SMILES string of the molecule is Cc1ccc(Nc2cnnc(NCc3ccco3)n2)cc1Cl. The highest BCUT2D eigenvalue weighted by Gasteiger charge is 2.03. The molecule has 2 heterocycles. The maximum absolute atomic E-state index is 6.11. The summed E-state index contributed by atoms with van der Waals surface area (Å²) in [5.41, 5.74) is 1.86. The molecule has 0 atom stereocenters. The number of rotatable bonds is 5. The highest BCUT2D eigenvalue weighted by Crippen LogP contribution is 2.22. The molecule has 0 aliphatic carbocycles. The van der Waals surface area contributed by atoms with Crippen molar-refractivity contribution in [3.05, 3.63) is 59.1 Å². The first-order valence-corrected chi connectivity index (χ1v) is 7.07. The topological polar surface area (TPSA) is 75.9 Å². The smallest absolute Gasteiger partial charge is 0.245 e. The summed E-state index contributed by atoms with van der Waals surface area (Å²) >= 11 is 6.11. The molecule has 6 nitrogen and oxygen atoms in total. The normalized spacial score (nSPS) is 10.5. The van der Waals surface area contributed by atoms with Crippen molar-refractivity contribution >= 4 is 29.1 Å². The zero-order chi connectivity index (χ0) is 15.4. The summed E-state index contributed by atoms with van der Waals surface area (Å²) in [6.07, 6.45) is 3.17. The molecule has 7 heteroatoms. The molecule has 3 rings (SSSR count). The maximum atomic E-state index is 6.11. The van der Waals surface area contributed by atoms with Crippen LogP contribution in [0.5, 0.6) is 0 Å². The van der Waals surface area contributed by atoms with Gasteiger partial charge in [0.05, 0.1) is 19.0 Å². The van der Waals surface area contributed by atoms with E-state index in [1.807, 2.05) is 37.3 Å². The van der Waals surface area contributed by atoms with E-state index in [4.69, 9.17) is 16.0 Å². The minimum Gasteiger partial charge on any atom is -0.467 e. The van der Waals surface area contributed by atoms with Crippen molar-refractivity contribution in [1.29, 1.82) is 0 Å². The molecule has 0 unspecified atom stereocenters. The van der Waals surface area contributed by atoms with E-state index < -0.39 is 0 Å². The highest BCUT2D eigenvalue weighted by atomic mass is 35.5. The molecule has 0 saturated heterocycles. The van der Waals surface area contributed by atoms with E-state index in [1.165, 1.54) is 0 Å². The fourth-order valence-electron chi connectivity index (χ4n) is 1.84.